The zero-order valence-corrected chi connectivity index (χ0v) is 17.8. The van der Waals surface area contributed by atoms with Crippen LogP contribution in [-0.4, -0.2) is 27.2 Å². The van der Waals surface area contributed by atoms with Crippen LogP contribution in [-0.2, 0) is 14.8 Å². The van der Waals surface area contributed by atoms with Gasteiger partial charge in [0, 0.05) is 24.2 Å². The van der Waals surface area contributed by atoms with Gasteiger partial charge < -0.3 is 10.1 Å². The van der Waals surface area contributed by atoms with E-state index in [1.807, 2.05) is 5.38 Å². The van der Waals surface area contributed by atoms with Crippen LogP contribution in [0, 0.1) is 0 Å². The molecular formula is C21H20N2O5S2. The highest BCUT2D eigenvalue weighted by Gasteiger charge is 2.15. The summed E-state index contributed by atoms with van der Waals surface area (Å²) >= 11 is 1.34. The number of nitrogens with one attached hydrogen (secondary N) is 2. The molecule has 0 aliphatic rings. The maximum atomic E-state index is 12.5. The fourth-order valence-corrected chi connectivity index (χ4v) is 4.35. The number of carbonyl (C=O) groups is 2. The molecule has 0 spiro atoms. The van der Waals surface area contributed by atoms with Crippen molar-refractivity contribution in [3.63, 3.8) is 0 Å². The Morgan fingerprint density at radius 3 is 2.20 bits per heavy atom. The Morgan fingerprint density at radius 2 is 1.60 bits per heavy atom. The van der Waals surface area contributed by atoms with E-state index in [1.54, 1.807) is 36.4 Å². The van der Waals surface area contributed by atoms with Gasteiger partial charge in [-0.25, -0.2) is 8.42 Å². The molecule has 0 saturated heterocycles. The van der Waals surface area contributed by atoms with Crippen LogP contribution in [0.4, 0.5) is 11.4 Å². The quantitative estimate of drug-likeness (QED) is 0.483. The van der Waals surface area contributed by atoms with E-state index in [0.29, 0.717) is 22.0 Å². The standard InChI is InChI=1S/C21H20N2O5S2/c1-28-17-8-4-16(5-9-17)23-30(26,27)18-10-6-15(7-11-18)22-21(25)13-12-19(24)20-3-2-14-29-20/h2-11,14,23H,12-13H2,1H3,(H,22,25). The predicted octanol–water partition coefficient (Wildman–Crippen LogP) is 4.16. The van der Waals surface area contributed by atoms with Gasteiger partial charge in [-0.05, 0) is 60.0 Å². The molecule has 7 nitrogen and oxygen atoms in total. The number of rotatable bonds is 9. The van der Waals surface area contributed by atoms with Crippen LogP contribution >= 0.6 is 11.3 Å². The van der Waals surface area contributed by atoms with Crippen molar-refractivity contribution in [3.8, 4) is 5.75 Å². The van der Waals surface area contributed by atoms with Gasteiger partial charge in [-0.15, -0.1) is 11.3 Å². The SMILES string of the molecule is COc1ccc(NS(=O)(=O)c2ccc(NC(=O)CCC(=O)c3cccs3)cc2)cc1. The van der Waals surface area contributed by atoms with Crippen LogP contribution < -0.4 is 14.8 Å². The number of hydrogen-bond donors (Lipinski definition) is 2. The first kappa shape index (κ1) is 21.5. The number of carbonyl (C=O) groups excluding carboxylic acids is 2. The fraction of sp³-hybridized carbons (Fsp3) is 0.143. The molecule has 0 atom stereocenters. The summed E-state index contributed by atoms with van der Waals surface area (Å²) in [6.45, 7) is 0. The largest absolute Gasteiger partial charge is 0.497 e. The molecule has 0 aliphatic carbocycles. The Balaban J connectivity index is 1.56. The third-order valence-electron chi connectivity index (χ3n) is 4.17. The van der Waals surface area contributed by atoms with Crippen molar-refractivity contribution in [2.45, 2.75) is 17.7 Å². The van der Waals surface area contributed by atoms with Gasteiger partial charge >= 0.3 is 0 Å². The minimum atomic E-state index is -3.77. The number of benzene rings is 2. The number of hydrogen-bond acceptors (Lipinski definition) is 6. The Bertz CT molecular complexity index is 1110. The average molecular weight is 445 g/mol. The van der Waals surface area contributed by atoms with Crippen LogP contribution in [0.5, 0.6) is 5.75 Å². The van der Waals surface area contributed by atoms with Gasteiger partial charge in [-0.1, -0.05) is 6.07 Å². The third kappa shape index (κ3) is 5.68. The second-order valence-corrected chi connectivity index (χ2v) is 8.94. The lowest BCUT2D eigenvalue weighted by Gasteiger charge is -2.10. The molecule has 0 bridgehead atoms. The minimum Gasteiger partial charge on any atom is -0.497 e. The van der Waals surface area contributed by atoms with Crippen molar-refractivity contribution >= 4 is 44.4 Å². The second-order valence-electron chi connectivity index (χ2n) is 6.31. The molecule has 9 heteroatoms. The molecule has 3 rings (SSSR count). The van der Waals surface area contributed by atoms with Crippen molar-refractivity contribution in [3.05, 3.63) is 70.9 Å². The van der Waals surface area contributed by atoms with Gasteiger partial charge in [0.25, 0.3) is 10.0 Å². The second kappa shape index (κ2) is 9.55. The fourth-order valence-electron chi connectivity index (χ4n) is 2.60. The highest BCUT2D eigenvalue weighted by atomic mass is 32.2. The van der Waals surface area contributed by atoms with Crippen molar-refractivity contribution in [1.29, 1.82) is 0 Å². The lowest BCUT2D eigenvalue weighted by molar-refractivity contribution is -0.116. The summed E-state index contributed by atoms with van der Waals surface area (Å²) in [5.74, 6) is 0.230. The Morgan fingerprint density at radius 1 is 0.933 bits per heavy atom. The summed E-state index contributed by atoms with van der Waals surface area (Å²) in [5.41, 5.74) is 0.857. The predicted molar refractivity (Wildman–Crippen MR) is 117 cm³/mol. The van der Waals surface area contributed by atoms with Crippen LogP contribution in [0.15, 0.2) is 70.9 Å². The molecule has 2 aromatic carbocycles. The first-order chi connectivity index (χ1) is 14.4. The first-order valence-corrected chi connectivity index (χ1v) is 11.4. The van der Waals surface area contributed by atoms with E-state index >= 15 is 0 Å². The number of Topliss-reactive ketones (excluding diaryl/α,β-unsaturated/α-hetero) is 1. The molecule has 30 heavy (non-hydrogen) atoms. The summed E-state index contributed by atoms with van der Waals surface area (Å²) < 4.78 is 32.6. The number of ketones is 1. The molecule has 0 aliphatic heterocycles. The van der Waals surface area contributed by atoms with E-state index in [1.165, 1.54) is 42.7 Å². The number of thiophene rings is 1. The molecule has 0 fully saturated rings. The lowest BCUT2D eigenvalue weighted by atomic mass is 10.2. The van der Waals surface area contributed by atoms with E-state index in [4.69, 9.17) is 4.74 Å². The molecule has 3 aromatic rings. The molecule has 156 valence electrons. The monoisotopic (exact) mass is 444 g/mol. The van der Waals surface area contributed by atoms with Crippen molar-refractivity contribution in [2.75, 3.05) is 17.1 Å². The number of anilines is 2. The zero-order valence-electron chi connectivity index (χ0n) is 16.1. The van der Waals surface area contributed by atoms with Gasteiger partial charge in [0.2, 0.25) is 5.91 Å². The van der Waals surface area contributed by atoms with E-state index in [9.17, 15) is 18.0 Å². The molecule has 0 radical (unpaired) electrons. The number of ether oxygens (including phenoxy) is 1. The molecule has 1 aromatic heterocycles. The van der Waals surface area contributed by atoms with Crippen LogP contribution in [0.1, 0.15) is 22.5 Å². The highest BCUT2D eigenvalue weighted by molar-refractivity contribution is 7.92. The molecule has 0 saturated carbocycles. The van der Waals surface area contributed by atoms with Crippen LogP contribution in [0.3, 0.4) is 0 Å². The summed E-state index contributed by atoms with van der Waals surface area (Å²) in [6.07, 6.45) is 0.167. The normalized spacial score (nSPS) is 11.0. The molecular weight excluding hydrogens is 424 g/mol. The first-order valence-electron chi connectivity index (χ1n) is 9.01. The Hall–Kier alpha value is -3.17. The van der Waals surface area contributed by atoms with E-state index < -0.39 is 10.0 Å². The average Bonchev–Trinajstić information content (AvgIpc) is 3.28. The van der Waals surface area contributed by atoms with Gasteiger partial charge in [0.05, 0.1) is 16.9 Å². The lowest BCUT2D eigenvalue weighted by Crippen LogP contribution is -2.14. The molecule has 1 amide bonds. The maximum Gasteiger partial charge on any atom is 0.261 e. The van der Waals surface area contributed by atoms with Crippen molar-refractivity contribution < 1.29 is 22.7 Å². The Labute approximate surface area is 178 Å². The summed E-state index contributed by atoms with van der Waals surface area (Å²) in [6, 6.07) is 15.8. The van der Waals surface area contributed by atoms with Gasteiger partial charge in [-0.3, -0.25) is 14.3 Å². The van der Waals surface area contributed by atoms with E-state index in [0.717, 1.165) is 0 Å². The zero-order chi connectivity index (χ0) is 21.6. The van der Waals surface area contributed by atoms with Gasteiger partial charge in [0.1, 0.15) is 5.75 Å². The van der Waals surface area contributed by atoms with Crippen molar-refractivity contribution in [2.24, 2.45) is 0 Å². The number of methoxy groups -OCH3 is 1. The van der Waals surface area contributed by atoms with Crippen molar-refractivity contribution in [1.82, 2.24) is 0 Å². The summed E-state index contributed by atoms with van der Waals surface area (Å²) in [4.78, 5) is 24.7. The maximum absolute atomic E-state index is 12.5. The van der Waals surface area contributed by atoms with E-state index in [-0.39, 0.29) is 29.4 Å². The third-order valence-corrected chi connectivity index (χ3v) is 6.47. The minimum absolute atomic E-state index is 0.0514. The highest BCUT2D eigenvalue weighted by Crippen LogP contribution is 2.21. The summed E-state index contributed by atoms with van der Waals surface area (Å²) in [7, 11) is -2.24. The molecule has 1 heterocycles. The van der Waals surface area contributed by atoms with Gasteiger partial charge in [0.15, 0.2) is 5.78 Å². The number of amides is 1. The molecule has 2 N–H and O–H groups in total. The topological polar surface area (TPSA) is 102 Å². The van der Waals surface area contributed by atoms with Crippen LogP contribution in [0.25, 0.3) is 0 Å². The van der Waals surface area contributed by atoms with Crippen LogP contribution in [0.2, 0.25) is 0 Å². The van der Waals surface area contributed by atoms with E-state index in [2.05, 4.69) is 10.0 Å². The Kier molecular flexibility index (Phi) is 6.86. The number of sulfonamides is 1. The summed E-state index contributed by atoms with van der Waals surface area (Å²) in [5, 5.41) is 4.48. The molecule has 0 unspecified atom stereocenters. The van der Waals surface area contributed by atoms with Gasteiger partial charge in [-0.2, -0.15) is 0 Å². The smallest absolute Gasteiger partial charge is 0.261 e.